The Labute approximate surface area is 167 Å². The summed E-state index contributed by atoms with van der Waals surface area (Å²) < 4.78 is 2.03. The average Bonchev–Trinajstić information content (AvgIpc) is 3.03. The molecule has 5 rings (SSSR count). The van der Waals surface area contributed by atoms with Gasteiger partial charge in [-0.25, -0.2) is 4.98 Å². The Morgan fingerprint density at radius 1 is 1.14 bits per heavy atom. The lowest BCUT2D eigenvalue weighted by atomic mass is 9.73. The van der Waals surface area contributed by atoms with Gasteiger partial charge in [-0.2, -0.15) is 0 Å². The summed E-state index contributed by atoms with van der Waals surface area (Å²) in [6.45, 7) is 4.18. The van der Waals surface area contributed by atoms with Crippen molar-refractivity contribution >= 4 is 28.5 Å². The number of nitro benzene ring substituents is 1. The van der Waals surface area contributed by atoms with Gasteiger partial charge in [-0.1, -0.05) is 26.0 Å². The number of rotatable bonds is 2. The number of hydrogen-bond acceptors (Lipinski definition) is 5. The van der Waals surface area contributed by atoms with E-state index >= 15 is 0 Å². The van der Waals surface area contributed by atoms with Gasteiger partial charge < -0.3 is 5.32 Å². The van der Waals surface area contributed by atoms with Gasteiger partial charge in [-0.3, -0.25) is 19.5 Å². The van der Waals surface area contributed by atoms with Gasteiger partial charge in [-0.15, -0.1) is 0 Å². The number of carbonyl (C=O) groups is 1. The van der Waals surface area contributed by atoms with Crippen molar-refractivity contribution < 1.29 is 9.72 Å². The number of imidazole rings is 1. The van der Waals surface area contributed by atoms with Gasteiger partial charge in [0.15, 0.2) is 5.78 Å². The Morgan fingerprint density at radius 2 is 1.86 bits per heavy atom. The third-order valence-corrected chi connectivity index (χ3v) is 5.73. The number of fused-ring (bicyclic) bond motifs is 3. The third kappa shape index (κ3) is 2.73. The van der Waals surface area contributed by atoms with Crippen LogP contribution in [0.1, 0.15) is 38.3 Å². The first-order valence-corrected chi connectivity index (χ1v) is 9.59. The first kappa shape index (κ1) is 17.6. The molecule has 0 amide bonds. The van der Waals surface area contributed by atoms with Crippen LogP contribution < -0.4 is 5.32 Å². The SMILES string of the molecule is CC1(C)CC(=O)C2=C(C1)Nc1nc3ccccc3n1C2c1ccc([N+](=O)[O-])cc1. The largest absolute Gasteiger partial charge is 0.329 e. The molecule has 1 atom stereocenters. The zero-order valence-corrected chi connectivity index (χ0v) is 16.2. The minimum Gasteiger partial charge on any atom is -0.329 e. The quantitative estimate of drug-likeness (QED) is 0.512. The molecular formula is C22H20N4O3. The number of anilines is 1. The maximum Gasteiger partial charge on any atom is 0.269 e. The van der Waals surface area contributed by atoms with Gasteiger partial charge in [0.25, 0.3) is 5.69 Å². The molecule has 1 unspecified atom stereocenters. The molecule has 1 N–H and O–H groups in total. The second-order valence-corrected chi connectivity index (χ2v) is 8.50. The smallest absolute Gasteiger partial charge is 0.269 e. The van der Waals surface area contributed by atoms with Crippen LogP contribution in [0.3, 0.4) is 0 Å². The van der Waals surface area contributed by atoms with Crippen LogP contribution in [-0.2, 0) is 4.79 Å². The molecule has 1 aliphatic heterocycles. The zero-order valence-electron chi connectivity index (χ0n) is 16.2. The molecule has 0 bridgehead atoms. The molecule has 0 radical (unpaired) electrons. The number of hydrogen-bond donors (Lipinski definition) is 1. The van der Waals surface area contributed by atoms with Crippen LogP contribution in [0.15, 0.2) is 59.8 Å². The summed E-state index contributed by atoms with van der Waals surface area (Å²) in [7, 11) is 0. The van der Waals surface area contributed by atoms with E-state index in [2.05, 4.69) is 19.2 Å². The van der Waals surface area contributed by atoms with Crippen LogP contribution in [0.2, 0.25) is 0 Å². The minimum atomic E-state index is -0.413. The lowest BCUT2D eigenvalue weighted by Crippen LogP contribution is -2.36. The first-order chi connectivity index (χ1) is 13.8. The Morgan fingerprint density at radius 3 is 2.59 bits per heavy atom. The van der Waals surface area contributed by atoms with Crippen LogP contribution in [0.4, 0.5) is 11.6 Å². The van der Waals surface area contributed by atoms with E-state index in [1.165, 1.54) is 12.1 Å². The van der Waals surface area contributed by atoms with Crippen molar-refractivity contribution in [3.8, 4) is 0 Å². The Balaban J connectivity index is 1.75. The van der Waals surface area contributed by atoms with E-state index in [0.717, 1.165) is 34.3 Å². The summed E-state index contributed by atoms with van der Waals surface area (Å²) in [5.74, 6) is 0.800. The zero-order chi connectivity index (χ0) is 20.3. The second-order valence-electron chi connectivity index (χ2n) is 8.50. The van der Waals surface area contributed by atoms with E-state index in [1.807, 2.05) is 28.8 Å². The van der Waals surface area contributed by atoms with Crippen molar-refractivity contribution in [2.75, 3.05) is 5.32 Å². The lowest BCUT2D eigenvalue weighted by Gasteiger charge is -2.39. The number of para-hydroxylation sites is 2. The van der Waals surface area contributed by atoms with Gasteiger partial charge in [0.2, 0.25) is 5.95 Å². The van der Waals surface area contributed by atoms with E-state index < -0.39 is 4.92 Å². The Kier molecular flexibility index (Phi) is 3.65. The molecule has 7 nitrogen and oxygen atoms in total. The lowest BCUT2D eigenvalue weighted by molar-refractivity contribution is -0.384. The summed E-state index contributed by atoms with van der Waals surface area (Å²) in [5, 5.41) is 14.5. The summed E-state index contributed by atoms with van der Waals surface area (Å²) in [6, 6.07) is 13.9. The number of aromatic nitrogens is 2. The van der Waals surface area contributed by atoms with Crippen molar-refractivity contribution in [3.05, 3.63) is 75.5 Å². The van der Waals surface area contributed by atoms with Crippen molar-refractivity contribution in [2.45, 2.75) is 32.7 Å². The van der Waals surface area contributed by atoms with Gasteiger partial charge in [-0.05, 0) is 41.7 Å². The third-order valence-electron chi connectivity index (χ3n) is 5.73. The van der Waals surface area contributed by atoms with Crippen molar-refractivity contribution in [3.63, 3.8) is 0 Å². The molecule has 2 aromatic carbocycles. The van der Waals surface area contributed by atoms with E-state index in [4.69, 9.17) is 4.98 Å². The van der Waals surface area contributed by atoms with E-state index in [0.29, 0.717) is 12.4 Å². The summed E-state index contributed by atoms with van der Waals surface area (Å²) in [6.07, 6.45) is 1.22. The highest BCUT2D eigenvalue weighted by Gasteiger charge is 2.41. The van der Waals surface area contributed by atoms with Gasteiger partial charge >= 0.3 is 0 Å². The predicted molar refractivity (Wildman–Crippen MR) is 110 cm³/mol. The van der Waals surface area contributed by atoms with Crippen LogP contribution in [0, 0.1) is 15.5 Å². The van der Waals surface area contributed by atoms with Crippen molar-refractivity contribution in [2.24, 2.45) is 5.41 Å². The van der Waals surface area contributed by atoms with E-state index in [1.54, 1.807) is 12.1 Å². The topological polar surface area (TPSA) is 90.1 Å². The highest BCUT2D eigenvalue weighted by molar-refractivity contribution is 6.00. The number of non-ortho nitro benzene ring substituents is 1. The predicted octanol–water partition coefficient (Wildman–Crippen LogP) is 4.60. The molecule has 0 saturated carbocycles. The molecule has 0 fully saturated rings. The number of Topliss-reactive ketones (excluding diaryl/α,β-unsaturated/α-hetero) is 1. The Bertz CT molecular complexity index is 1200. The fourth-order valence-electron chi connectivity index (χ4n) is 4.52. The van der Waals surface area contributed by atoms with Crippen molar-refractivity contribution in [1.29, 1.82) is 0 Å². The number of allylic oxidation sites excluding steroid dienone is 2. The summed E-state index contributed by atoms with van der Waals surface area (Å²) in [4.78, 5) is 28.6. The van der Waals surface area contributed by atoms with E-state index in [-0.39, 0.29) is 22.9 Å². The van der Waals surface area contributed by atoms with Gasteiger partial charge in [0, 0.05) is 29.8 Å². The monoisotopic (exact) mass is 388 g/mol. The van der Waals surface area contributed by atoms with E-state index in [9.17, 15) is 14.9 Å². The molecule has 2 aliphatic rings. The summed E-state index contributed by atoms with van der Waals surface area (Å²) >= 11 is 0. The summed E-state index contributed by atoms with van der Waals surface area (Å²) in [5.41, 5.74) is 4.13. The van der Waals surface area contributed by atoms with Gasteiger partial charge in [0.05, 0.1) is 22.0 Å². The van der Waals surface area contributed by atoms with Crippen LogP contribution in [0.5, 0.6) is 0 Å². The molecule has 0 spiro atoms. The number of nitro groups is 1. The molecule has 146 valence electrons. The number of nitrogens with one attached hydrogen (secondary N) is 1. The molecule has 2 heterocycles. The minimum absolute atomic E-state index is 0.0312. The number of nitrogens with zero attached hydrogens (tertiary/aromatic N) is 3. The van der Waals surface area contributed by atoms with Gasteiger partial charge in [0.1, 0.15) is 0 Å². The second kappa shape index (κ2) is 6.01. The standard InChI is InChI=1S/C22H20N4O3/c1-22(2)11-16-19(18(27)12-22)20(13-7-9-14(10-8-13)26(28)29)25-17-6-4-3-5-15(17)23-21(25)24-16/h3-10,20H,11-12H2,1-2H3,(H,23,24). The first-order valence-electron chi connectivity index (χ1n) is 9.59. The average molecular weight is 388 g/mol. The van der Waals surface area contributed by atoms with Crippen LogP contribution in [-0.4, -0.2) is 20.3 Å². The van der Waals surface area contributed by atoms with Crippen molar-refractivity contribution in [1.82, 2.24) is 9.55 Å². The number of benzene rings is 2. The normalized spacial score (nSPS) is 20.2. The molecule has 0 saturated heterocycles. The molecular weight excluding hydrogens is 368 g/mol. The Hall–Kier alpha value is -3.48. The number of ketones is 1. The fourth-order valence-corrected chi connectivity index (χ4v) is 4.52. The molecule has 1 aromatic heterocycles. The fraction of sp³-hybridized carbons (Fsp3) is 0.273. The maximum atomic E-state index is 13.2. The molecule has 3 aromatic rings. The molecule has 7 heteroatoms. The molecule has 1 aliphatic carbocycles. The van der Waals surface area contributed by atoms with Crippen LogP contribution in [0.25, 0.3) is 11.0 Å². The maximum absolute atomic E-state index is 13.2. The highest BCUT2D eigenvalue weighted by atomic mass is 16.6. The van der Waals surface area contributed by atoms with Crippen LogP contribution >= 0.6 is 0 Å². The highest BCUT2D eigenvalue weighted by Crippen LogP contribution is 2.47. The molecule has 29 heavy (non-hydrogen) atoms. The number of carbonyl (C=O) groups excluding carboxylic acids is 1.